The lowest BCUT2D eigenvalue weighted by molar-refractivity contribution is -0.880. The zero-order chi connectivity index (χ0) is 18.9. The summed E-state index contributed by atoms with van der Waals surface area (Å²) < 4.78 is 0. The number of rotatable bonds is 4. The zero-order valence-corrected chi connectivity index (χ0v) is 16.6. The van der Waals surface area contributed by atoms with Gasteiger partial charge in [0.1, 0.15) is 0 Å². The van der Waals surface area contributed by atoms with E-state index in [1.165, 1.54) is 0 Å². The topological polar surface area (TPSA) is 36.8 Å². The van der Waals surface area contributed by atoms with Crippen molar-refractivity contribution in [2.75, 3.05) is 43.4 Å². The third-order valence-corrected chi connectivity index (χ3v) is 6.40. The molecule has 5 heteroatoms. The highest BCUT2D eigenvalue weighted by Gasteiger charge is 2.45. The van der Waals surface area contributed by atoms with Crippen LogP contribution in [0, 0.1) is 0 Å². The quantitative estimate of drug-likeness (QED) is 0.850. The van der Waals surface area contributed by atoms with Gasteiger partial charge in [-0.3, -0.25) is 4.79 Å². The van der Waals surface area contributed by atoms with E-state index in [4.69, 9.17) is 11.6 Å². The maximum Gasteiger partial charge on any atom is 0.235 e. The fourth-order valence-corrected chi connectivity index (χ4v) is 4.30. The largest absolute Gasteiger partial charge is 0.359 e. The van der Waals surface area contributed by atoms with Crippen molar-refractivity contribution < 1.29 is 9.69 Å². The van der Waals surface area contributed by atoms with E-state index in [9.17, 15) is 4.79 Å². The Morgan fingerprint density at radius 2 is 1.74 bits per heavy atom. The van der Waals surface area contributed by atoms with Gasteiger partial charge in [-0.2, -0.15) is 0 Å². The summed E-state index contributed by atoms with van der Waals surface area (Å²) >= 11 is 6.04. The molecular weight excluding hydrogens is 358 g/mol. The third-order valence-electron chi connectivity index (χ3n) is 6.15. The fourth-order valence-electron chi connectivity index (χ4n) is 4.17. The van der Waals surface area contributed by atoms with Crippen LogP contribution in [0.15, 0.2) is 48.5 Å². The molecule has 1 saturated carbocycles. The Bertz CT molecular complexity index is 809. The first-order valence-corrected chi connectivity index (χ1v) is 10.2. The van der Waals surface area contributed by atoms with Crippen molar-refractivity contribution in [1.82, 2.24) is 0 Å². The summed E-state index contributed by atoms with van der Waals surface area (Å²) in [6, 6.07) is 15.9. The van der Waals surface area contributed by atoms with Crippen molar-refractivity contribution in [2.24, 2.45) is 0 Å². The maximum atomic E-state index is 13.3. The molecule has 0 unspecified atom stereocenters. The van der Waals surface area contributed by atoms with Crippen LogP contribution in [-0.2, 0) is 10.2 Å². The number of anilines is 2. The van der Waals surface area contributed by atoms with Crippen molar-refractivity contribution in [3.63, 3.8) is 0 Å². The van der Waals surface area contributed by atoms with Gasteiger partial charge in [-0.25, -0.2) is 0 Å². The Hall–Kier alpha value is -2.04. The lowest BCUT2D eigenvalue weighted by Gasteiger charge is -2.41. The number of hydrogen-bond acceptors (Lipinski definition) is 2. The minimum Gasteiger partial charge on any atom is -0.359 e. The molecule has 0 atom stereocenters. The molecule has 4 nitrogen and oxygen atoms in total. The molecule has 27 heavy (non-hydrogen) atoms. The number of piperazine rings is 1. The molecule has 1 heterocycles. The van der Waals surface area contributed by atoms with Gasteiger partial charge in [0.2, 0.25) is 5.91 Å². The van der Waals surface area contributed by atoms with Crippen LogP contribution in [0.5, 0.6) is 0 Å². The van der Waals surface area contributed by atoms with E-state index in [2.05, 4.69) is 29.4 Å². The van der Waals surface area contributed by atoms with Gasteiger partial charge in [0.15, 0.2) is 0 Å². The van der Waals surface area contributed by atoms with Gasteiger partial charge in [-0.05, 0) is 42.7 Å². The van der Waals surface area contributed by atoms with E-state index in [1.807, 2.05) is 36.4 Å². The van der Waals surface area contributed by atoms with Crippen LogP contribution < -0.4 is 15.1 Å². The van der Waals surface area contributed by atoms with E-state index in [1.54, 1.807) is 4.90 Å². The highest BCUT2D eigenvalue weighted by Crippen LogP contribution is 2.45. The lowest BCUT2D eigenvalue weighted by atomic mass is 9.64. The van der Waals surface area contributed by atoms with Gasteiger partial charge in [0.25, 0.3) is 0 Å². The van der Waals surface area contributed by atoms with Crippen molar-refractivity contribution in [3.05, 3.63) is 59.1 Å². The highest BCUT2D eigenvalue weighted by atomic mass is 35.5. The van der Waals surface area contributed by atoms with Crippen LogP contribution in [0.4, 0.5) is 11.4 Å². The first-order valence-electron chi connectivity index (χ1n) is 9.81. The monoisotopic (exact) mass is 384 g/mol. The molecule has 2 N–H and O–H groups in total. The Balaban J connectivity index is 1.57. The van der Waals surface area contributed by atoms with Crippen molar-refractivity contribution in [1.29, 1.82) is 0 Å². The summed E-state index contributed by atoms with van der Waals surface area (Å²) in [5.74, 6) is 0.100. The second-order valence-electron chi connectivity index (χ2n) is 7.86. The number of hydrogen-bond donors (Lipinski definition) is 2. The molecule has 2 aliphatic rings. The fraction of sp³-hybridized carbons (Fsp3) is 0.409. The summed E-state index contributed by atoms with van der Waals surface area (Å²) in [6.07, 6.45) is 2.86. The van der Waals surface area contributed by atoms with Crippen molar-refractivity contribution >= 4 is 28.9 Å². The molecule has 142 valence electrons. The standard InChI is InChI=1S/C22H26ClN3O/c1-25-13-15-26(16-14-25)20-6-3-2-5-19(20)24-21(27)22(11-4-12-22)17-7-9-18(23)10-8-17/h2-3,5-10H,4,11-16H2,1H3,(H,24,27)/p+1. The third kappa shape index (κ3) is 3.56. The Labute approximate surface area is 166 Å². The molecule has 2 aromatic rings. The summed E-state index contributed by atoms with van der Waals surface area (Å²) in [5, 5.41) is 3.96. The molecule has 1 amide bonds. The van der Waals surface area contributed by atoms with Crippen LogP contribution in [0.25, 0.3) is 0 Å². The molecule has 2 fully saturated rings. The molecular formula is C22H27ClN3O+. The minimum atomic E-state index is -0.427. The van der Waals surface area contributed by atoms with Gasteiger partial charge >= 0.3 is 0 Å². The van der Waals surface area contributed by atoms with Crippen LogP contribution in [0.1, 0.15) is 24.8 Å². The summed E-state index contributed by atoms with van der Waals surface area (Å²) in [4.78, 5) is 17.3. The maximum absolute atomic E-state index is 13.3. The van der Waals surface area contributed by atoms with Crippen LogP contribution in [-0.4, -0.2) is 39.1 Å². The number of para-hydroxylation sites is 2. The second-order valence-corrected chi connectivity index (χ2v) is 8.29. The Kier molecular flexibility index (Phi) is 5.11. The first-order chi connectivity index (χ1) is 13.1. The van der Waals surface area contributed by atoms with Gasteiger partial charge in [-0.1, -0.05) is 42.3 Å². The Morgan fingerprint density at radius 1 is 1.07 bits per heavy atom. The van der Waals surface area contributed by atoms with E-state index in [-0.39, 0.29) is 5.91 Å². The van der Waals surface area contributed by atoms with Crippen LogP contribution >= 0.6 is 11.6 Å². The number of nitrogens with one attached hydrogen (secondary N) is 2. The smallest absolute Gasteiger partial charge is 0.235 e. The number of carbonyl (C=O) groups excluding carboxylic acids is 1. The van der Waals surface area contributed by atoms with E-state index < -0.39 is 5.41 Å². The van der Waals surface area contributed by atoms with Crippen molar-refractivity contribution in [2.45, 2.75) is 24.7 Å². The predicted molar refractivity (Wildman–Crippen MR) is 111 cm³/mol. The molecule has 1 aliphatic heterocycles. The van der Waals surface area contributed by atoms with Gasteiger partial charge in [0, 0.05) is 5.02 Å². The van der Waals surface area contributed by atoms with E-state index in [0.29, 0.717) is 5.02 Å². The number of quaternary nitrogens is 1. The molecule has 1 aliphatic carbocycles. The molecule has 4 rings (SSSR count). The van der Waals surface area contributed by atoms with Crippen molar-refractivity contribution in [3.8, 4) is 0 Å². The molecule has 0 radical (unpaired) electrons. The molecule has 0 spiro atoms. The normalized spacial score (nSPS) is 19.4. The van der Waals surface area contributed by atoms with Gasteiger partial charge < -0.3 is 15.1 Å². The predicted octanol–water partition coefficient (Wildman–Crippen LogP) is 2.74. The van der Waals surface area contributed by atoms with Crippen LogP contribution in [0.2, 0.25) is 5.02 Å². The van der Waals surface area contributed by atoms with Crippen LogP contribution in [0.3, 0.4) is 0 Å². The van der Waals surface area contributed by atoms with Gasteiger partial charge in [-0.15, -0.1) is 0 Å². The minimum absolute atomic E-state index is 0.100. The summed E-state index contributed by atoms with van der Waals surface area (Å²) in [6.45, 7) is 4.27. The molecule has 2 aromatic carbocycles. The number of nitrogens with zero attached hydrogens (tertiary/aromatic N) is 1. The van der Waals surface area contributed by atoms with E-state index >= 15 is 0 Å². The number of carbonyl (C=O) groups is 1. The van der Waals surface area contributed by atoms with E-state index in [0.717, 1.165) is 62.4 Å². The SMILES string of the molecule is C[NH+]1CCN(c2ccccc2NC(=O)C2(c3ccc(Cl)cc3)CCC2)CC1. The second kappa shape index (κ2) is 7.53. The lowest BCUT2D eigenvalue weighted by Crippen LogP contribution is -3.12. The molecule has 0 bridgehead atoms. The highest BCUT2D eigenvalue weighted by molar-refractivity contribution is 6.30. The number of benzene rings is 2. The zero-order valence-electron chi connectivity index (χ0n) is 15.8. The molecule has 0 aromatic heterocycles. The number of halogens is 1. The first kappa shape index (κ1) is 18.3. The number of amides is 1. The summed E-state index contributed by atoms with van der Waals surface area (Å²) in [5.41, 5.74) is 2.69. The number of likely N-dealkylation sites (N-methyl/N-ethyl adjacent to an activating group) is 1. The molecule has 1 saturated heterocycles. The summed E-state index contributed by atoms with van der Waals surface area (Å²) in [7, 11) is 2.23. The Morgan fingerprint density at radius 3 is 2.37 bits per heavy atom. The van der Waals surface area contributed by atoms with Gasteiger partial charge in [0.05, 0.1) is 50.0 Å². The average Bonchev–Trinajstić information content (AvgIpc) is 2.64. The average molecular weight is 385 g/mol.